The molecule has 1 aromatic heterocycles. The van der Waals surface area contributed by atoms with Crippen LogP contribution in [0, 0.1) is 5.92 Å². The van der Waals surface area contributed by atoms with Crippen LogP contribution in [0.3, 0.4) is 0 Å². The maximum atomic E-state index is 4.30. The number of pyridine rings is 1. The van der Waals surface area contributed by atoms with Crippen LogP contribution >= 0.6 is 0 Å². The van der Waals surface area contributed by atoms with Crippen LogP contribution in [0.25, 0.3) is 21.9 Å². The fraction of sp³-hybridized carbons (Fsp3) is 0.160. The molecule has 3 aromatic carbocycles. The van der Waals surface area contributed by atoms with E-state index in [1.807, 2.05) is 18.5 Å². The summed E-state index contributed by atoms with van der Waals surface area (Å²) in [6.45, 7) is 0. The summed E-state index contributed by atoms with van der Waals surface area (Å²) in [5.74, 6) is 0.717. The van der Waals surface area contributed by atoms with Crippen molar-refractivity contribution in [1.82, 2.24) is 4.98 Å². The van der Waals surface area contributed by atoms with Gasteiger partial charge in [0.15, 0.2) is 0 Å². The third-order valence-electron chi connectivity index (χ3n) is 5.43. The molecule has 0 spiro atoms. The Morgan fingerprint density at radius 3 is 2.30 bits per heavy atom. The minimum Gasteiger partial charge on any atom is -0.378 e. The van der Waals surface area contributed by atoms with Gasteiger partial charge < -0.3 is 5.32 Å². The smallest absolute Gasteiger partial charge is 0.0557 e. The highest BCUT2D eigenvalue weighted by molar-refractivity contribution is 5.87. The van der Waals surface area contributed by atoms with E-state index in [0.29, 0.717) is 6.04 Å². The average molecular weight is 350 g/mol. The van der Waals surface area contributed by atoms with Crippen molar-refractivity contribution in [3.8, 4) is 11.1 Å². The second-order valence-corrected chi connectivity index (χ2v) is 7.39. The van der Waals surface area contributed by atoms with Crippen molar-refractivity contribution >= 4 is 16.5 Å². The normalized spacial score (nSPS) is 14.8. The zero-order valence-electron chi connectivity index (χ0n) is 15.2. The summed E-state index contributed by atoms with van der Waals surface area (Å²) in [5.41, 5.74) is 4.95. The van der Waals surface area contributed by atoms with Crippen LogP contribution in [0.2, 0.25) is 0 Å². The van der Waals surface area contributed by atoms with Gasteiger partial charge in [0.05, 0.1) is 6.04 Å². The molecule has 1 atom stereocenters. The molecular formula is C25H22N2. The zero-order valence-corrected chi connectivity index (χ0v) is 15.2. The molecule has 1 aliphatic carbocycles. The Hall–Kier alpha value is -3.13. The second kappa shape index (κ2) is 6.88. The molecule has 0 aliphatic heterocycles. The first kappa shape index (κ1) is 16.1. The largest absolute Gasteiger partial charge is 0.378 e. The summed E-state index contributed by atoms with van der Waals surface area (Å²) in [5, 5.41) is 6.29. The fourth-order valence-electron chi connectivity index (χ4n) is 3.77. The van der Waals surface area contributed by atoms with E-state index in [2.05, 4.69) is 83.1 Å². The van der Waals surface area contributed by atoms with E-state index in [-0.39, 0.29) is 0 Å². The van der Waals surface area contributed by atoms with Crippen molar-refractivity contribution < 1.29 is 0 Å². The van der Waals surface area contributed by atoms with Gasteiger partial charge in [0.2, 0.25) is 0 Å². The number of fused-ring (bicyclic) bond motifs is 1. The third-order valence-corrected chi connectivity index (χ3v) is 5.43. The number of nitrogens with one attached hydrogen (secondary N) is 1. The molecule has 5 rings (SSSR count). The quantitative estimate of drug-likeness (QED) is 0.446. The standard InChI is InChI=1S/C25H22N2/c1-2-5-21-16-22(10-7-18(21)4-1)19-11-13-24(14-12-19)27-25(20-8-9-20)23-6-3-15-26-17-23/h1-7,10-17,20,25,27H,8-9H2/t25-/m0/s1. The summed E-state index contributed by atoms with van der Waals surface area (Å²) >= 11 is 0. The summed E-state index contributed by atoms with van der Waals surface area (Å²) in [4.78, 5) is 4.30. The van der Waals surface area contributed by atoms with Crippen LogP contribution in [0.5, 0.6) is 0 Å². The van der Waals surface area contributed by atoms with E-state index in [1.165, 1.54) is 46.0 Å². The van der Waals surface area contributed by atoms with Gasteiger partial charge in [0.25, 0.3) is 0 Å². The number of hydrogen-bond donors (Lipinski definition) is 1. The second-order valence-electron chi connectivity index (χ2n) is 7.39. The topological polar surface area (TPSA) is 24.9 Å². The Kier molecular flexibility index (Phi) is 4.10. The maximum Gasteiger partial charge on any atom is 0.0557 e. The number of aromatic nitrogens is 1. The van der Waals surface area contributed by atoms with Gasteiger partial charge >= 0.3 is 0 Å². The molecule has 4 aromatic rings. The number of benzene rings is 3. The fourth-order valence-corrected chi connectivity index (χ4v) is 3.77. The lowest BCUT2D eigenvalue weighted by Crippen LogP contribution is -2.13. The molecule has 27 heavy (non-hydrogen) atoms. The van der Waals surface area contributed by atoms with Gasteiger partial charge in [-0.05, 0) is 70.5 Å². The van der Waals surface area contributed by atoms with E-state index in [1.54, 1.807) is 0 Å². The zero-order chi connectivity index (χ0) is 18.1. The summed E-state index contributed by atoms with van der Waals surface area (Å²) in [6, 6.07) is 28.5. The first-order chi connectivity index (χ1) is 13.4. The predicted octanol–water partition coefficient (Wildman–Crippen LogP) is 6.47. The van der Waals surface area contributed by atoms with Crippen LogP contribution in [-0.4, -0.2) is 4.98 Å². The van der Waals surface area contributed by atoms with Gasteiger partial charge in [-0.25, -0.2) is 0 Å². The third kappa shape index (κ3) is 3.43. The molecule has 1 fully saturated rings. The highest BCUT2D eigenvalue weighted by Crippen LogP contribution is 2.42. The molecule has 1 saturated carbocycles. The molecule has 132 valence electrons. The van der Waals surface area contributed by atoms with E-state index < -0.39 is 0 Å². The highest BCUT2D eigenvalue weighted by Gasteiger charge is 2.32. The van der Waals surface area contributed by atoms with E-state index >= 15 is 0 Å². The average Bonchev–Trinajstić information content (AvgIpc) is 3.58. The summed E-state index contributed by atoms with van der Waals surface area (Å²) in [6.07, 6.45) is 6.41. The van der Waals surface area contributed by atoms with Crippen LogP contribution in [0.4, 0.5) is 5.69 Å². The van der Waals surface area contributed by atoms with Crippen molar-refractivity contribution in [3.63, 3.8) is 0 Å². The van der Waals surface area contributed by atoms with Gasteiger partial charge in [-0.2, -0.15) is 0 Å². The molecule has 2 nitrogen and oxygen atoms in total. The Labute approximate surface area is 159 Å². The lowest BCUT2D eigenvalue weighted by atomic mass is 10.0. The Morgan fingerprint density at radius 2 is 1.56 bits per heavy atom. The SMILES string of the molecule is c1cncc([C@@H](Nc2ccc(-c3ccc4ccccc4c3)cc2)C2CC2)c1. The molecule has 1 aliphatic rings. The number of hydrogen-bond acceptors (Lipinski definition) is 2. The Balaban J connectivity index is 1.39. The van der Waals surface area contributed by atoms with Gasteiger partial charge in [-0.15, -0.1) is 0 Å². The molecule has 0 radical (unpaired) electrons. The molecule has 0 bridgehead atoms. The molecule has 0 saturated heterocycles. The summed E-state index contributed by atoms with van der Waals surface area (Å²) < 4.78 is 0. The van der Waals surface area contributed by atoms with Crippen LogP contribution in [0.1, 0.15) is 24.4 Å². The minimum absolute atomic E-state index is 0.352. The van der Waals surface area contributed by atoms with Crippen molar-refractivity contribution in [2.24, 2.45) is 5.92 Å². The van der Waals surface area contributed by atoms with Crippen molar-refractivity contribution in [2.75, 3.05) is 5.32 Å². The van der Waals surface area contributed by atoms with Crippen molar-refractivity contribution in [3.05, 3.63) is 96.8 Å². The van der Waals surface area contributed by atoms with Gasteiger partial charge in [-0.3, -0.25) is 4.98 Å². The first-order valence-corrected chi connectivity index (χ1v) is 9.62. The van der Waals surface area contributed by atoms with E-state index in [9.17, 15) is 0 Å². The van der Waals surface area contributed by atoms with Crippen molar-refractivity contribution in [1.29, 1.82) is 0 Å². The monoisotopic (exact) mass is 350 g/mol. The molecule has 1 heterocycles. The predicted molar refractivity (Wildman–Crippen MR) is 113 cm³/mol. The van der Waals surface area contributed by atoms with Gasteiger partial charge in [0.1, 0.15) is 0 Å². The molecular weight excluding hydrogens is 328 g/mol. The minimum atomic E-state index is 0.352. The van der Waals surface area contributed by atoms with Gasteiger partial charge in [-0.1, -0.05) is 54.6 Å². The lowest BCUT2D eigenvalue weighted by molar-refractivity contribution is 0.676. The highest BCUT2D eigenvalue weighted by atomic mass is 14.9. The van der Waals surface area contributed by atoms with E-state index in [0.717, 1.165) is 5.92 Å². The lowest BCUT2D eigenvalue weighted by Gasteiger charge is -2.20. The van der Waals surface area contributed by atoms with Crippen LogP contribution in [-0.2, 0) is 0 Å². The summed E-state index contributed by atoms with van der Waals surface area (Å²) in [7, 11) is 0. The number of rotatable bonds is 5. The number of anilines is 1. The number of nitrogens with zero attached hydrogens (tertiary/aromatic N) is 1. The Morgan fingerprint density at radius 1 is 0.778 bits per heavy atom. The molecule has 1 N–H and O–H groups in total. The van der Waals surface area contributed by atoms with E-state index in [4.69, 9.17) is 0 Å². The van der Waals surface area contributed by atoms with Crippen molar-refractivity contribution in [2.45, 2.75) is 18.9 Å². The van der Waals surface area contributed by atoms with Gasteiger partial charge in [0, 0.05) is 18.1 Å². The van der Waals surface area contributed by atoms with Crippen LogP contribution in [0.15, 0.2) is 91.3 Å². The first-order valence-electron chi connectivity index (χ1n) is 9.62. The molecule has 2 heteroatoms. The molecule has 0 unspecified atom stereocenters. The van der Waals surface area contributed by atoms with Crippen LogP contribution < -0.4 is 5.32 Å². The Bertz CT molecular complexity index is 1050. The maximum absolute atomic E-state index is 4.30. The molecule has 0 amide bonds.